The topological polar surface area (TPSA) is 67.0 Å². The number of nitrogens with zero attached hydrogens (tertiary/aromatic N) is 1. The number of aromatic amines is 1. The lowest BCUT2D eigenvalue weighted by molar-refractivity contribution is 0.129. The molecule has 2 rings (SSSR count). The molecular formula is C7H9N3O2. The number of cyclic esters (lactones) is 1. The molecule has 1 amide bonds. The summed E-state index contributed by atoms with van der Waals surface area (Å²) < 4.78 is 4.97. The maximum Gasteiger partial charge on any atom is 0.408 e. The summed E-state index contributed by atoms with van der Waals surface area (Å²) in [5.41, 5.74) is 0. The summed E-state index contributed by atoms with van der Waals surface area (Å²) in [6.45, 7) is 1.87. The van der Waals surface area contributed by atoms with E-state index in [2.05, 4.69) is 15.3 Å². The largest absolute Gasteiger partial charge is 0.436 e. The number of alkyl carbamates (subject to hydrolysis) is 1. The molecule has 1 fully saturated rings. The Morgan fingerprint density at radius 2 is 2.50 bits per heavy atom. The van der Waals surface area contributed by atoms with Crippen LogP contribution in [-0.4, -0.2) is 22.1 Å². The van der Waals surface area contributed by atoms with E-state index in [1.807, 2.05) is 6.92 Å². The van der Waals surface area contributed by atoms with Gasteiger partial charge in [-0.05, 0) is 6.92 Å². The third-order valence-corrected chi connectivity index (χ3v) is 1.82. The van der Waals surface area contributed by atoms with E-state index in [0.29, 0.717) is 5.82 Å². The van der Waals surface area contributed by atoms with Crippen molar-refractivity contribution in [2.45, 2.75) is 19.1 Å². The van der Waals surface area contributed by atoms with Crippen molar-refractivity contribution in [3.8, 4) is 0 Å². The van der Waals surface area contributed by atoms with Crippen molar-refractivity contribution in [3.63, 3.8) is 0 Å². The Morgan fingerprint density at radius 3 is 3.00 bits per heavy atom. The highest BCUT2D eigenvalue weighted by atomic mass is 16.6. The zero-order valence-electron chi connectivity index (χ0n) is 6.57. The lowest BCUT2D eigenvalue weighted by Crippen LogP contribution is -2.24. The minimum atomic E-state index is -0.385. The van der Waals surface area contributed by atoms with Crippen LogP contribution in [0.25, 0.3) is 0 Å². The Kier molecular flexibility index (Phi) is 1.49. The fraction of sp³-hybridized carbons (Fsp3) is 0.429. The first-order valence-corrected chi connectivity index (χ1v) is 3.74. The van der Waals surface area contributed by atoms with Gasteiger partial charge in [-0.15, -0.1) is 0 Å². The van der Waals surface area contributed by atoms with Crippen molar-refractivity contribution in [3.05, 3.63) is 18.2 Å². The highest BCUT2D eigenvalue weighted by Gasteiger charge is 2.33. The van der Waals surface area contributed by atoms with Crippen LogP contribution < -0.4 is 5.32 Å². The fourth-order valence-corrected chi connectivity index (χ4v) is 1.24. The molecule has 0 aliphatic carbocycles. The number of amides is 1. The number of H-pyrrole nitrogens is 1. The Morgan fingerprint density at radius 1 is 1.67 bits per heavy atom. The number of aromatic nitrogens is 2. The SMILES string of the molecule is C[C@@H]1NC(=O)O[C@@H]1c1ncc[nH]1. The van der Waals surface area contributed by atoms with Crippen LogP contribution >= 0.6 is 0 Å². The molecule has 1 saturated heterocycles. The summed E-state index contributed by atoms with van der Waals surface area (Å²) in [6, 6.07) is -0.0244. The van der Waals surface area contributed by atoms with Crippen molar-refractivity contribution >= 4 is 6.09 Å². The Balaban J connectivity index is 2.20. The maximum atomic E-state index is 10.8. The number of hydrogen-bond donors (Lipinski definition) is 2. The lowest BCUT2D eigenvalue weighted by Gasteiger charge is -2.08. The molecule has 1 aliphatic rings. The van der Waals surface area contributed by atoms with E-state index in [4.69, 9.17) is 4.74 Å². The molecular weight excluding hydrogens is 158 g/mol. The molecule has 0 radical (unpaired) electrons. The van der Waals surface area contributed by atoms with E-state index in [1.54, 1.807) is 12.4 Å². The van der Waals surface area contributed by atoms with E-state index in [0.717, 1.165) is 0 Å². The third-order valence-electron chi connectivity index (χ3n) is 1.82. The highest BCUT2D eigenvalue weighted by molar-refractivity contribution is 5.70. The second-order valence-electron chi connectivity index (χ2n) is 2.73. The zero-order chi connectivity index (χ0) is 8.55. The smallest absolute Gasteiger partial charge is 0.408 e. The quantitative estimate of drug-likeness (QED) is 0.642. The standard InChI is InChI=1S/C7H9N3O2/c1-4-5(12-7(11)10-4)6-8-2-3-9-6/h2-5H,1H3,(H,8,9)(H,10,11)/t4-,5-/m0/s1. The van der Waals surface area contributed by atoms with Crippen LogP contribution in [0, 0.1) is 0 Å². The van der Waals surface area contributed by atoms with Crippen LogP contribution in [0.4, 0.5) is 4.79 Å². The monoisotopic (exact) mass is 167 g/mol. The molecule has 1 aromatic heterocycles. The minimum Gasteiger partial charge on any atom is -0.436 e. The van der Waals surface area contributed by atoms with Crippen molar-refractivity contribution in [2.75, 3.05) is 0 Å². The predicted molar refractivity (Wildman–Crippen MR) is 40.4 cm³/mol. The summed E-state index contributed by atoms with van der Waals surface area (Å²) in [7, 11) is 0. The molecule has 0 spiro atoms. The Hall–Kier alpha value is -1.52. The minimum absolute atomic E-state index is 0.0244. The van der Waals surface area contributed by atoms with Gasteiger partial charge >= 0.3 is 6.09 Å². The molecule has 2 atom stereocenters. The number of carbonyl (C=O) groups excluding carboxylic acids is 1. The molecule has 5 nitrogen and oxygen atoms in total. The summed E-state index contributed by atoms with van der Waals surface area (Å²) in [6.07, 6.45) is 2.67. The first-order valence-electron chi connectivity index (χ1n) is 3.74. The molecule has 5 heteroatoms. The van der Waals surface area contributed by atoms with Crippen LogP contribution in [0.3, 0.4) is 0 Å². The number of nitrogens with one attached hydrogen (secondary N) is 2. The van der Waals surface area contributed by atoms with Crippen LogP contribution in [0.5, 0.6) is 0 Å². The summed E-state index contributed by atoms with van der Waals surface area (Å²) >= 11 is 0. The number of ether oxygens (including phenoxy) is 1. The van der Waals surface area contributed by atoms with Crippen molar-refractivity contribution in [1.82, 2.24) is 15.3 Å². The van der Waals surface area contributed by atoms with Gasteiger partial charge in [-0.25, -0.2) is 9.78 Å². The molecule has 1 aromatic rings. The summed E-state index contributed by atoms with van der Waals surface area (Å²) in [5, 5.41) is 2.63. The van der Waals surface area contributed by atoms with Gasteiger partial charge in [0.15, 0.2) is 6.10 Å². The summed E-state index contributed by atoms with van der Waals surface area (Å²) in [5.74, 6) is 0.681. The van der Waals surface area contributed by atoms with Gasteiger partial charge in [0.05, 0.1) is 6.04 Å². The predicted octanol–water partition coefficient (Wildman–Crippen LogP) is 0.579. The number of hydrogen-bond acceptors (Lipinski definition) is 3. The maximum absolute atomic E-state index is 10.8. The van der Waals surface area contributed by atoms with E-state index >= 15 is 0 Å². The highest BCUT2D eigenvalue weighted by Crippen LogP contribution is 2.22. The Labute approximate surface area is 69.1 Å². The first-order chi connectivity index (χ1) is 5.77. The molecule has 2 N–H and O–H groups in total. The van der Waals surface area contributed by atoms with Gasteiger partial charge in [0, 0.05) is 12.4 Å². The second-order valence-corrected chi connectivity index (χ2v) is 2.73. The number of carbonyl (C=O) groups is 1. The van der Waals surface area contributed by atoms with Gasteiger partial charge in [-0.1, -0.05) is 0 Å². The average molecular weight is 167 g/mol. The molecule has 1 aliphatic heterocycles. The van der Waals surface area contributed by atoms with Gasteiger partial charge in [0.1, 0.15) is 5.82 Å². The number of rotatable bonds is 1. The number of imidazole rings is 1. The molecule has 64 valence electrons. The van der Waals surface area contributed by atoms with E-state index in [9.17, 15) is 4.79 Å². The summed E-state index contributed by atoms with van der Waals surface area (Å²) in [4.78, 5) is 17.7. The molecule has 2 heterocycles. The lowest BCUT2D eigenvalue weighted by atomic mass is 10.2. The average Bonchev–Trinajstić information content (AvgIpc) is 2.58. The Bertz CT molecular complexity index is 283. The molecule has 0 aromatic carbocycles. The van der Waals surface area contributed by atoms with Gasteiger partial charge in [-0.2, -0.15) is 0 Å². The van der Waals surface area contributed by atoms with Gasteiger partial charge < -0.3 is 15.0 Å². The van der Waals surface area contributed by atoms with Gasteiger partial charge in [0.25, 0.3) is 0 Å². The van der Waals surface area contributed by atoms with Crippen LogP contribution in [-0.2, 0) is 4.74 Å². The van der Waals surface area contributed by atoms with Crippen LogP contribution in [0.15, 0.2) is 12.4 Å². The van der Waals surface area contributed by atoms with Crippen molar-refractivity contribution < 1.29 is 9.53 Å². The van der Waals surface area contributed by atoms with E-state index in [1.165, 1.54) is 0 Å². The van der Waals surface area contributed by atoms with E-state index in [-0.39, 0.29) is 18.2 Å². The molecule has 12 heavy (non-hydrogen) atoms. The first kappa shape index (κ1) is 7.15. The van der Waals surface area contributed by atoms with Crippen molar-refractivity contribution in [1.29, 1.82) is 0 Å². The van der Waals surface area contributed by atoms with Gasteiger partial charge in [0.2, 0.25) is 0 Å². The molecule has 0 bridgehead atoms. The van der Waals surface area contributed by atoms with E-state index < -0.39 is 0 Å². The fourth-order valence-electron chi connectivity index (χ4n) is 1.24. The third kappa shape index (κ3) is 1.03. The molecule has 0 saturated carbocycles. The second kappa shape index (κ2) is 2.51. The zero-order valence-corrected chi connectivity index (χ0v) is 6.57. The van der Waals surface area contributed by atoms with Crippen molar-refractivity contribution in [2.24, 2.45) is 0 Å². The normalized spacial score (nSPS) is 28.2. The molecule has 0 unspecified atom stereocenters. The van der Waals surface area contributed by atoms with Crippen LogP contribution in [0.2, 0.25) is 0 Å². The van der Waals surface area contributed by atoms with Gasteiger partial charge in [-0.3, -0.25) is 0 Å². The van der Waals surface area contributed by atoms with Crippen LogP contribution in [0.1, 0.15) is 18.9 Å².